The third-order valence-electron chi connectivity index (χ3n) is 3.73. The third kappa shape index (κ3) is 5.56. The second-order valence-corrected chi connectivity index (χ2v) is 5.85. The van der Waals surface area contributed by atoms with Crippen molar-refractivity contribution in [2.24, 2.45) is 0 Å². The van der Waals surface area contributed by atoms with Gasteiger partial charge in [0, 0.05) is 30.7 Å². The lowest BCUT2D eigenvalue weighted by Crippen LogP contribution is -2.21. The molecule has 1 aromatic carbocycles. The molecule has 2 aromatic heterocycles. The van der Waals surface area contributed by atoms with Gasteiger partial charge in [-0.3, -0.25) is 4.98 Å². The molecule has 0 aliphatic carbocycles. The number of hydrogen-bond donors (Lipinski definition) is 2. The molecule has 1 aliphatic rings. The molecule has 4 rings (SSSR count). The molecule has 2 N–H and O–H groups in total. The molecule has 0 amide bonds. The van der Waals surface area contributed by atoms with Crippen LogP contribution in [0.15, 0.2) is 55.0 Å². The van der Waals surface area contributed by atoms with Crippen LogP contribution in [-0.4, -0.2) is 39.0 Å². The van der Waals surface area contributed by atoms with Crippen LogP contribution in [0.1, 0.15) is 5.56 Å². The van der Waals surface area contributed by atoms with Crippen molar-refractivity contribution in [2.75, 3.05) is 12.1 Å². The van der Waals surface area contributed by atoms with Crippen molar-refractivity contribution >= 4 is 11.8 Å². The largest absolute Gasteiger partial charge is 0.490 e. The molecule has 0 spiro atoms. The number of alkyl halides is 3. The fraction of sp³-hybridized carbons (Fsp3) is 0.158. The number of nitrogens with zero attached hydrogens (tertiary/aromatic N) is 3. The predicted molar refractivity (Wildman–Crippen MR) is 98.8 cm³/mol. The first-order chi connectivity index (χ1) is 14.3. The summed E-state index contributed by atoms with van der Waals surface area (Å²) in [4.78, 5) is 21.9. The molecule has 30 heavy (non-hydrogen) atoms. The summed E-state index contributed by atoms with van der Waals surface area (Å²) >= 11 is 0. The van der Waals surface area contributed by atoms with Crippen LogP contribution in [0.4, 0.5) is 19.0 Å². The van der Waals surface area contributed by atoms with Crippen molar-refractivity contribution in [1.82, 2.24) is 15.0 Å². The highest BCUT2D eigenvalue weighted by molar-refractivity contribution is 5.73. The van der Waals surface area contributed by atoms with Gasteiger partial charge in [0.1, 0.15) is 5.82 Å². The van der Waals surface area contributed by atoms with Crippen LogP contribution in [0, 0.1) is 0 Å². The Kier molecular flexibility index (Phi) is 6.30. The number of anilines is 1. The number of hydrogen-bond acceptors (Lipinski definition) is 7. The van der Waals surface area contributed by atoms with E-state index >= 15 is 0 Å². The zero-order chi connectivity index (χ0) is 21.6. The van der Waals surface area contributed by atoms with Crippen LogP contribution in [0.25, 0.3) is 11.4 Å². The van der Waals surface area contributed by atoms with Gasteiger partial charge in [-0.05, 0) is 35.9 Å². The summed E-state index contributed by atoms with van der Waals surface area (Å²) in [6, 6.07) is 11.5. The summed E-state index contributed by atoms with van der Waals surface area (Å²) in [5.41, 5.74) is 1.98. The van der Waals surface area contributed by atoms with Gasteiger partial charge in [-0.1, -0.05) is 6.07 Å². The van der Waals surface area contributed by atoms with Gasteiger partial charge >= 0.3 is 12.1 Å². The topological polar surface area (TPSA) is 106 Å². The number of pyridine rings is 1. The first-order valence-electron chi connectivity index (χ1n) is 8.49. The smallest absolute Gasteiger partial charge is 0.475 e. The SMILES string of the molecule is O=C(O)C(F)(F)F.c1cncc(CNc2ccnc(-c3ccc4c(c3)OCO4)n2)c1. The maximum absolute atomic E-state index is 10.6. The normalized spacial score (nSPS) is 12.0. The number of carboxylic acids is 1. The number of benzene rings is 1. The number of nitrogens with one attached hydrogen (secondary N) is 1. The summed E-state index contributed by atoms with van der Waals surface area (Å²) in [5, 5.41) is 10.4. The van der Waals surface area contributed by atoms with Gasteiger partial charge in [-0.2, -0.15) is 13.2 Å². The van der Waals surface area contributed by atoms with Gasteiger partial charge in [0.05, 0.1) is 0 Å². The van der Waals surface area contributed by atoms with E-state index in [4.69, 9.17) is 19.4 Å². The van der Waals surface area contributed by atoms with E-state index in [0.29, 0.717) is 12.4 Å². The lowest BCUT2D eigenvalue weighted by Gasteiger charge is -2.07. The number of ether oxygens (including phenoxy) is 2. The van der Waals surface area contributed by atoms with E-state index in [1.807, 2.05) is 42.6 Å². The van der Waals surface area contributed by atoms with Crippen LogP contribution in [0.3, 0.4) is 0 Å². The number of halogens is 3. The molecule has 0 fully saturated rings. The summed E-state index contributed by atoms with van der Waals surface area (Å²) in [6.07, 6.45) is 0.233. The zero-order valence-corrected chi connectivity index (χ0v) is 15.3. The van der Waals surface area contributed by atoms with Crippen LogP contribution in [-0.2, 0) is 11.3 Å². The molecular formula is C19H15F3N4O4. The summed E-state index contributed by atoms with van der Waals surface area (Å²) < 4.78 is 42.5. The van der Waals surface area contributed by atoms with E-state index in [2.05, 4.69) is 20.3 Å². The monoisotopic (exact) mass is 420 g/mol. The van der Waals surface area contributed by atoms with E-state index in [0.717, 1.165) is 28.4 Å². The minimum atomic E-state index is -5.08. The van der Waals surface area contributed by atoms with Gasteiger partial charge < -0.3 is 19.9 Å². The van der Waals surface area contributed by atoms with Crippen molar-refractivity contribution in [2.45, 2.75) is 12.7 Å². The highest BCUT2D eigenvalue weighted by atomic mass is 19.4. The molecule has 11 heteroatoms. The number of aliphatic carboxylic acids is 1. The number of carbonyl (C=O) groups is 1. The molecule has 0 saturated carbocycles. The Morgan fingerprint density at radius 3 is 2.60 bits per heavy atom. The van der Waals surface area contributed by atoms with Crippen LogP contribution in [0.5, 0.6) is 11.5 Å². The van der Waals surface area contributed by atoms with Gasteiger partial charge in [-0.25, -0.2) is 14.8 Å². The van der Waals surface area contributed by atoms with Crippen molar-refractivity contribution in [3.05, 3.63) is 60.6 Å². The lowest BCUT2D eigenvalue weighted by atomic mass is 10.2. The van der Waals surface area contributed by atoms with Gasteiger partial charge in [-0.15, -0.1) is 0 Å². The van der Waals surface area contributed by atoms with Crippen molar-refractivity contribution in [1.29, 1.82) is 0 Å². The van der Waals surface area contributed by atoms with Crippen LogP contribution < -0.4 is 14.8 Å². The molecule has 3 aromatic rings. The number of fused-ring (bicyclic) bond motifs is 1. The van der Waals surface area contributed by atoms with E-state index < -0.39 is 12.1 Å². The van der Waals surface area contributed by atoms with Gasteiger partial charge in [0.25, 0.3) is 0 Å². The van der Waals surface area contributed by atoms with Crippen LogP contribution in [0.2, 0.25) is 0 Å². The van der Waals surface area contributed by atoms with Gasteiger partial charge in [0.15, 0.2) is 17.3 Å². The predicted octanol–water partition coefficient (Wildman–Crippen LogP) is 3.51. The quantitative estimate of drug-likeness (QED) is 0.661. The molecule has 0 bridgehead atoms. The zero-order valence-electron chi connectivity index (χ0n) is 15.3. The molecule has 156 valence electrons. The second-order valence-electron chi connectivity index (χ2n) is 5.85. The average molecular weight is 420 g/mol. The fourth-order valence-electron chi connectivity index (χ4n) is 2.33. The summed E-state index contributed by atoms with van der Waals surface area (Å²) in [6.45, 7) is 0.914. The van der Waals surface area contributed by atoms with Gasteiger partial charge in [0.2, 0.25) is 6.79 Å². The first-order valence-corrected chi connectivity index (χ1v) is 8.49. The van der Waals surface area contributed by atoms with E-state index in [1.165, 1.54) is 0 Å². The number of carboxylic acid groups (broad SMARTS) is 1. The number of aromatic nitrogens is 3. The molecule has 8 nitrogen and oxygen atoms in total. The Morgan fingerprint density at radius 2 is 1.90 bits per heavy atom. The second kappa shape index (κ2) is 9.07. The Balaban J connectivity index is 0.000000318. The van der Waals surface area contributed by atoms with Crippen LogP contribution >= 0.6 is 0 Å². The fourth-order valence-corrected chi connectivity index (χ4v) is 2.33. The Bertz CT molecular complexity index is 1020. The molecule has 3 heterocycles. The third-order valence-corrected chi connectivity index (χ3v) is 3.73. The minimum absolute atomic E-state index is 0.256. The highest BCUT2D eigenvalue weighted by Gasteiger charge is 2.38. The molecule has 0 unspecified atom stereocenters. The Morgan fingerprint density at radius 1 is 1.13 bits per heavy atom. The van der Waals surface area contributed by atoms with E-state index in [9.17, 15) is 13.2 Å². The summed E-state index contributed by atoms with van der Waals surface area (Å²) in [5.74, 6) is 0.114. The Hall–Kier alpha value is -3.89. The van der Waals surface area contributed by atoms with Crippen molar-refractivity contribution in [3.8, 4) is 22.9 Å². The maximum Gasteiger partial charge on any atom is 0.490 e. The van der Waals surface area contributed by atoms with Crippen molar-refractivity contribution in [3.63, 3.8) is 0 Å². The molecular weight excluding hydrogens is 405 g/mol. The standard InChI is InChI=1S/C17H14N4O2.C2HF3O2/c1-2-12(9-18-6-1)10-20-16-5-7-19-17(21-16)13-3-4-14-15(8-13)23-11-22-14;3-2(4,5)1(6)7/h1-9H,10-11H2,(H,19,20,21);(H,6,7). The first kappa shape index (κ1) is 20.8. The van der Waals surface area contributed by atoms with E-state index in [-0.39, 0.29) is 6.79 Å². The van der Waals surface area contributed by atoms with Crippen molar-refractivity contribution < 1.29 is 32.5 Å². The maximum atomic E-state index is 10.6. The number of rotatable bonds is 4. The minimum Gasteiger partial charge on any atom is -0.475 e. The average Bonchev–Trinajstić information content (AvgIpc) is 3.21. The highest BCUT2D eigenvalue weighted by Crippen LogP contribution is 2.35. The molecule has 0 radical (unpaired) electrons. The molecule has 1 aliphatic heterocycles. The molecule has 0 atom stereocenters. The Labute approximate surface area is 168 Å². The van der Waals surface area contributed by atoms with E-state index in [1.54, 1.807) is 12.4 Å². The molecule has 0 saturated heterocycles. The lowest BCUT2D eigenvalue weighted by molar-refractivity contribution is -0.192. The summed E-state index contributed by atoms with van der Waals surface area (Å²) in [7, 11) is 0.